The summed E-state index contributed by atoms with van der Waals surface area (Å²) in [5, 5.41) is 22.3. The molecule has 240 valence electrons. The van der Waals surface area contributed by atoms with Crippen LogP contribution < -0.4 is 16.0 Å². The molecule has 2 saturated heterocycles. The Bertz CT molecular complexity index is 1430. The highest BCUT2D eigenvalue weighted by Gasteiger charge is 2.28. The third kappa shape index (κ3) is 9.21. The van der Waals surface area contributed by atoms with Gasteiger partial charge < -0.3 is 24.6 Å². The lowest BCUT2D eigenvalue weighted by atomic mass is 9.80. The molecular formula is C33H44N8O4. The molecule has 0 amide bonds. The van der Waals surface area contributed by atoms with E-state index in [2.05, 4.69) is 35.9 Å². The third-order valence-electron chi connectivity index (χ3n) is 8.14. The van der Waals surface area contributed by atoms with Crippen LogP contribution in [-0.2, 0) is 14.9 Å². The van der Waals surface area contributed by atoms with Crippen LogP contribution in [0.1, 0.15) is 41.0 Å². The molecule has 2 aromatic carbocycles. The number of aromatic nitrogens is 1. The van der Waals surface area contributed by atoms with E-state index >= 15 is 0 Å². The fraction of sp³-hybridized carbons (Fsp3) is 0.455. The molecule has 4 N–H and O–H groups in total. The van der Waals surface area contributed by atoms with Crippen molar-refractivity contribution in [3.05, 3.63) is 83.0 Å². The summed E-state index contributed by atoms with van der Waals surface area (Å²) in [6, 6.07) is 18.7. The van der Waals surface area contributed by atoms with Gasteiger partial charge in [0.2, 0.25) is 5.96 Å². The second-order valence-corrected chi connectivity index (χ2v) is 11.7. The van der Waals surface area contributed by atoms with Crippen LogP contribution in [0.4, 0.5) is 5.88 Å². The van der Waals surface area contributed by atoms with E-state index in [1.165, 1.54) is 0 Å². The highest BCUT2D eigenvalue weighted by molar-refractivity contribution is 6.09. The van der Waals surface area contributed by atoms with Crippen molar-refractivity contribution in [2.45, 2.75) is 19.3 Å². The van der Waals surface area contributed by atoms with Gasteiger partial charge in [-0.2, -0.15) is 4.99 Å². The molecule has 0 spiro atoms. The quantitative estimate of drug-likeness (QED) is 0.144. The Morgan fingerprint density at radius 3 is 2.16 bits per heavy atom. The van der Waals surface area contributed by atoms with Gasteiger partial charge in [-0.1, -0.05) is 67.5 Å². The molecule has 0 atom stereocenters. The van der Waals surface area contributed by atoms with Crippen LogP contribution in [0.5, 0.6) is 0 Å². The zero-order valence-electron chi connectivity index (χ0n) is 26.2. The van der Waals surface area contributed by atoms with Crippen molar-refractivity contribution in [1.82, 2.24) is 30.9 Å². The van der Waals surface area contributed by atoms with Gasteiger partial charge in [-0.25, -0.2) is 0 Å². The lowest BCUT2D eigenvalue weighted by Gasteiger charge is -2.27. The molecule has 0 bridgehead atoms. The van der Waals surface area contributed by atoms with Crippen molar-refractivity contribution in [3.8, 4) is 0 Å². The Kier molecular flexibility index (Phi) is 11.3. The maximum absolute atomic E-state index is 13.1. The van der Waals surface area contributed by atoms with E-state index in [0.717, 1.165) is 71.3 Å². The van der Waals surface area contributed by atoms with E-state index in [1.807, 2.05) is 68.4 Å². The minimum absolute atomic E-state index is 0.0291. The average Bonchev–Trinajstić information content (AvgIpc) is 3.55. The first kappa shape index (κ1) is 32.3. The number of nitrogens with one attached hydrogen (secondary N) is 4. The van der Waals surface area contributed by atoms with Gasteiger partial charge in [0.1, 0.15) is 0 Å². The minimum atomic E-state index is -0.560. The van der Waals surface area contributed by atoms with E-state index in [9.17, 15) is 4.79 Å². The first-order valence-corrected chi connectivity index (χ1v) is 15.6. The van der Waals surface area contributed by atoms with Crippen molar-refractivity contribution in [1.29, 1.82) is 5.41 Å². The molecule has 12 heteroatoms. The van der Waals surface area contributed by atoms with Crippen molar-refractivity contribution >= 4 is 23.6 Å². The molecule has 0 saturated carbocycles. The summed E-state index contributed by atoms with van der Waals surface area (Å²) in [5.41, 5.74) is 2.31. The van der Waals surface area contributed by atoms with Gasteiger partial charge in [0.25, 0.3) is 5.88 Å². The molecule has 0 aliphatic carbocycles. The van der Waals surface area contributed by atoms with Crippen molar-refractivity contribution in [2.75, 3.05) is 78.8 Å². The normalized spacial score (nSPS) is 16.7. The number of carbonyl (C=O) groups excluding carboxylic acids is 1. The fourth-order valence-electron chi connectivity index (χ4n) is 5.27. The number of morpholine rings is 2. The van der Waals surface area contributed by atoms with Crippen LogP contribution in [0, 0.1) is 5.41 Å². The molecule has 0 unspecified atom stereocenters. The molecule has 3 heterocycles. The number of benzene rings is 2. The molecule has 5 rings (SSSR count). The predicted molar refractivity (Wildman–Crippen MR) is 173 cm³/mol. The number of guanidine groups is 2. The zero-order chi connectivity index (χ0) is 31.5. The van der Waals surface area contributed by atoms with E-state index in [4.69, 9.17) is 19.4 Å². The predicted octanol–water partition coefficient (Wildman–Crippen LogP) is 2.59. The van der Waals surface area contributed by atoms with Crippen molar-refractivity contribution < 1.29 is 18.8 Å². The summed E-state index contributed by atoms with van der Waals surface area (Å²) >= 11 is 0. The number of hydrogen-bond donors (Lipinski definition) is 4. The number of nitrogens with zero attached hydrogens (tertiary/aromatic N) is 4. The number of aliphatic imine (C=N–C) groups is 1. The van der Waals surface area contributed by atoms with Gasteiger partial charge in [-0.05, 0) is 11.6 Å². The number of rotatable bonds is 11. The van der Waals surface area contributed by atoms with E-state index in [0.29, 0.717) is 41.8 Å². The van der Waals surface area contributed by atoms with Crippen molar-refractivity contribution in [3.63, 3.8) is 0 Å². The van der Waals surface area contributed by atoms with Crippen LogP contribution in [-0.4, -0.2) is 111 Å². The highest BCUT2D eigenvalue weighted by Crippen LogP contribution is 2.33. The molecular weight excluding hydrogens is 572 g/mol. The summed E-state index contributed by atoms with van der Waals surface area (Å²) in [5.74, 6) is 0.805. The fourth-order valence-corrected chi connectivity index (χ4v) is 5.27. The van der Waals surface area contributed by atoms with Gasteiger partial charge >= 0.3 is 0 Å². The Morgan fingerprint density at radius 2 is 1.49 bits per heavy atom. The average molecular weight is 617 g/mol. The van der Waals surface area contributed by atoms with E-state index in [-0.39, 0.29) is 11.7 Å². The second-order valence-electron chi connectivity index (χ2n) is 11.7. The van der Waals surface area contributed by atoms with Crippen LogP contribution >= 0.6 is 0 Å². The van der Waals surface area contributed by atoms with E-state index in [1.54, 1.807) is 6.07 Å². The molecule has 0 radical (unpaired) electrons. The van der Waals surface area contributed by atoms with Gasteiger partial charge in [0, 0.05) is 75.0 Å². The molecule has 2 aliphatic heterocycles. The highest BCUT2D eigenvalue weighted by atomic mass is 16.5. The maximum Gasteiger partial charge on any atom is 0.253 e. The molecule has 1 aromatic heterocycles. The topological polar surface area (TPSA) is 140 Å². The van der Waals surface area contributed by atoms with Crippen LogP contribution in [0.2, 0.25) is 0 Å². The molecule has 2 fully saturated rings. The third-order valence-corrected chi connectivity index (χ3v) is 8.14. The number of carbonyl (C=O) groups is 1. The number of ether oxygens (including phenoxy) is 2. The van der Waals surface area contributed by atoms with Gasteiger partial charge in [-0.15, -0.1) is 0 Å². The molecule has 2 aliphatic rings. The Morgan fingerprint density at radius 1 is 0.867 bits per heavy atom. The van der Waals surface area contributed by atoms with E-state index < -0.39 is 5.41 Å². The summed E-state index contributed by atoms with van der Waals surface area (Å²) in [6.45, 7) is 13.5. The molecule has 45 heavy (non-hydrogen) atoms. The first-order valence-electron chi connectivity index (χ1n) is 15.6. The van der Waals surface area contributed by atoms with Crippen LogP contribution in [0.25, 0.3) is 0 Å². The van der Waals surface area contributed by atoms with Crippen molar-refractivity contribution in [2.24, 2.45) is 4.99 Å². The lowest BCUT2D eigenvalue weighted by Crippen LogP contribution is -2.50. The monoisotopic (exact) mass is 616 g/mol. The number of ketones is 1. The van der Waals surface area contributed by atoms with Gasteiger partial charge in [0.05, 0.1) is 32.1 Å². The minimum Gasteiger partial charge on any atom is -0.379 e. The van der Waals surface area contributed by atoms with Gasteiger partial charge in [-0.3, -0.25) is 25.3 Å². The summed E-state index contributed by atoms with van der Waals surface area (Å²) < 4.78 is 16.5. The molecule has 3 aromatic rings. The number of hydrogen-bond acceptors (Lipinski definition) is 9. The summed E-state index contributed by atoms with van der Waals surface area (Å²) in [7, 11) is 0. The SMILES string of the molecule is CC(C)(c1cccc(C(=O)c2ccccc2)c1)c1cc(/N=C(\NCCN2CCOCC2)NC(=N)NCCN2CCOCC2)on1. The van der Waals surface area contributed by atoms with Crippen LogP contribution in [0.3, 0.4) is 0 Å². The second kappa shape index (κ2) is 15.8. The molecule has 12 nitrogen and oxygen atoms in total. The summed E-state index contributed by atoms with van der Waals surface area (Å²) in [6.07, 6.45) is 0. The summed E-state index contributed by atoms with van der Waals surface area (Å²) in [4.78, 5) is 22.4. The van der Waals surface area contributed by atoms with Gasteiger partial charge in [0.15, 0.2) is 11.7 Å². The Labute approximate surface area is 264 Å². The maximum atomic E-state index is 13.1. The zero-order valence-corrected chi connectivity index (χ0v) is 26.2. The lowest BCUT2D eigenvalue weighted by molar-refractivity contribution is 0.0389. The first-order chi connectivity index (χ1) is 21.9. The van der Waals surface area contributed by atoms with Crippen LogP contribution in [0.15, 0.2) is 70.2 Å². The Balaban J connectivity index is 1.26. The Hall–Kier alpha value is -4.10. The smallest absolute Gasteiger partial charge is 0.253 e. The standard InChI is InChI=1S/C33H44N8O4/c1-33(2,27-10-6-9-26(23-27)30(42)25-7-4-3-5-8-25)28-24-29(45-39-28)37-32(36-12-14-41-17-21-44-22-18-41)38-31(34)35-11-13-40-15-19-43-20-16-40/h3-10,23-24H,11-22H2,1-2H3,(H4,34,35,36,37,38). The largest absolute Gasteiger partial charge is 0.379 e.